The molecule has 8 heteroatoms. The largest absolute Gasteiger partial charge is 0.340 e. The molecule has 0 N–H and O–H groups in total. The molecule has 32 heavy (non-hydrogen) atoms. The third-order valence-corrected chi connectivity index (χ3v) is 6.82. The molecular weight excluding hydrogens is 406 g/mol. The summed E-state index contributed by atoms with van der Waals surface area (Å²) >= 11 is 0. The molecule has 0 unspecified atom stereocenters. The monoisotopic (exact) mass is 439 g/mol. The first-order valence-corrected chi connectivity index (χ1v) is 11.6. The van der Waals surface area contributed by atoms with Gasteiger partial charge in [0.1, 0.15) is 5.71 Å². The Labute approximate surface area is 189 Å². The Balaban J connectivity index is 1.40. The summed E-state index contributed by atoms with van der Waals surface area (Å²) in [6.07, 6.45) is 2.00. The number of hydrazone groups is 1. The number of hydrogen-bond acceptors (Lipinski definition) is 5. The fourth-order valence-corrected chi connectivity index (χ4v) is 4.64. The summed E-state index contributed by atoms with van der Waals surface area (Å²) in [6, 6.07) is 5.89. The third-order valence-electron chi connectivity index (χ3n) is 6.82. The van der Waals surface area contributed by atoms with E-state index in [4.69, 9.17) is 0 Å². The standard InChI is InChI=1S/C24H33N5O3/c1-17-4-5-18(2)21(16-17)29-22(30)7-6-20(25-29)24(32)27-10-8-19(9-11-27)23(31)28-14-12-26(3)13-15-28/h4-5,16,19H,6-15H2,1-3H3. The topological polar surface area (TPSA) is 76.5 Å². The maximum atomic E-state index is 13.2. The van der Waals surface area contributed by atoms with Gasteiger partial charge in [0.25, 0.3) is 5.91 Å². The number of likely N-dealkylation sites (N-methyl/N-ethyl adjacent to an activating group) is 1. The average Bonchev–Trinajstić information content (AvgIpc) is 2.81. The van der Waals surface area contributed by atoms with Crippen molar-refractivity contribution in [2.24, 2.45) is 11.0 Å². The highest BCUT2D eigenvalue weighted by molar-refractivity contribution is 6.40. The highest BCUT2D eigenvalue weighted by atomic mass is 16.2. The van der Waals surface area contributed by atoms with Crippen LogP contribution in [0.1, 0.15) is 36.8 Å². The number of nitrogens with zero attached hydrogens (tertiary/aromatic N) is 5. The Morgan fingerprint density at radius 2 is 1.62 bits per heavy atom. The van der Waals surface area contributed by atoms with Gasteiger partial charge in [0.05, 0.1) is 5.69 Å². The van der Waals surface area contributed by atoms with E-state index in [-0.39, 0.29) is 30.1 Å². The molecule has 8 nitrogen and oxygen atoms in total. The van der Waals surface area contributed by atoms with E-state index in [1.165, 1.54) is 5.01 Å². The number of benzene rings is 1. The summed E-state index contributed by atoms with van der Waals surface area (Å²) in [4.78, 5) is 44.6. The summed E-state index contributed by atoms with van der Waals surface area (Å²) < 4.78 is 0. The van der Waals surface area contributed by atoms with Crippen LogP contribution in [0.5, 0.6) is 0 Å². The number of likely N-dealkylation sites (tertiary alicyclic amines) is 1. The first kappa shape index (κ1) is 22.5. The molecule has 172 valence electrons. The number of amides is 3. The second-order valence-corrected chi connectivity index (χ2v) is 9.24. The van der Waals surface area contributed by atoms with Crippen LogP contribution in [0.15, 0.2) is 23.3 Å². The number of carbonyl (C=O) groups is 3. The maximum Gasteiger partial charge on any atom is 0.270 e. The van der Waals surface area contributed by atoms with Crippen LogP contribution >= 0.6 is 0 Å². The van der Waals surface area contributed by atoms with E-state index < -0.39 is 0 Å². The normalized spacial score (nSPS) is 21.0. The molecule has 0 radical (unpaired) electrons. The number of anilines is 1. The van der Waals surface area contributed by atoms with Crippen LogP contribution in [-0.2, 0) is 14.4 Å². The molecule has 0 aromatic heterocycles. The molecule has 2 fully saturated rings. The van der Waals surface area contributed by atoms with Crippen molar-refractivity contribution in [3.8, 4) is 0 Å². The van der Waals surface area contributed by atoms with Gasteiger partial charge in [-0.1, -0.05) is 12.1 Å². The van der Waals surface area contributed by atoms with Crippen molar-refractivity contribution >= 4 is 29.1 Å². The van der Waals surface area contributed by atoms with E-state index in [0.29, 0.717) is 38.1 Å². The number of aryl methyl sites for hydroxylation is 2. The zero-order valence-electron chi connectivity index (χ0n) is 19.3. The summed E-state index contributed by atoms with van der Waals surface area (Å²) in [6.45, 7) is 8.42. The summed E-state index contributed by atoms with van der Waals surface area (Å²) in [5.41, 5.74) is 3.15. The molecule has 3 aliphatic rings. The van der Waals surface area contributed by atoms with Crippen molar-refractivity contribution in [3.05, 3.63) is 29.3 Å². The number of piperazine rings is 1. The smallest absolute Gasteiger partial charge is 0.270 e. The minimum Gasteiger partial charge on any atom is -0.340 e. The lowest BCUT2D eigenvalue weighted by Crippen LogP contribution is -2.51. The molecule has 3 amide bonds. The van der Waals surface area contributed by atoms with Crippen LogP contribution in [0, 0.1) is 19.8 Å². The van der Waals surface area contributed by atoms with Gasteiger partial charge in [-0.05, 0) is 50.9 Å². The minimum absolute atomic E-state index is 0.0104. The Hall–Kier alpha value is -2.74. The lowest BCUT2D eigenvalue weighted by molar-refractivity contribution is -0.140. The van der Waals surface area contributed by atoms with Crippen molar-refractivity contribution in [1.29, 1.82) is 0 Å². The number of carbonyl (C=O) groups excluding carboxylic acids is 3. The summed E-state index contributed by atoms with van der Waals surface area (Å²) in [5.74, 6) is 0.0145. The van der Waals surface area contributed by atoms with Gasteiger partial charge in [-0.3, -0.25) is 14.4 Å². The molecule has 0 saturated carbocycles. The van der Waals surface area contributed by atoms with Crippen LogP contribution in [0.4, 0.5) is 5.69 Å². The predicted octanol–water partition coefficient (Wildman–Crippen LogP) is 1.80. The number of hydrogen-bond donors (Lipinski definition) is 0. The molecule has 0 atom stereocenters. The van der Waals surface area contributed by atoms with Crippen LogP contribution in [0.25, 0.3) is 0 Å². The highest BCUT2D eigenvalue weighted by Gasteiger charge is 2.34. The molecule has 4 rings (SSSR count). The second-order valence-electron chi connectivity index (χ2n) is 9.24. The molecule has 1 aromatic carbocycles. The number of rotatable bonds is 3. The summed E-state index contributed by atoms with van der Waals surface area (Å²) in [5, 5.41) is 5.87. The highest BCUT2D eigenvalue weighted by Crippen LogP contribution is 2.27. The first-order valence-electron chi connectivity index (χ1n) is 11.6. The Morgan fingerprint density at radius 1 is 0.938 bits per heavy atom. The van der Waals surface area contributed by atoms with Gasteiger partial charge in [-0.15, -0.1) is 0 Å². The molecule has 3 aliphatic heterocycles. The van der Waals surface area contributed by atoms with E-state index >= 15 is 0 Å². The minimum atomic E-state index is -0.113. The van der Waals surface area contributed by atoms with Gasteiger partial charge < -0.3 is 14.7 Å². The Kier molecular flexibility index (Phi) is 6.60. The molecule has 3 heterocycles. The quantitative estimate of drug-likeness (QED) is 0.720. The van der Waals surface area contributed by atoms with Crippen LogP contribution in [-0.4, -0.2) is 84.4 Å². The molecule has 2 saturated heterocycles. The average molecular weight is 440 g/mol. The molecular formula is C24H33N5O3. The van der Waals surface area contributed by atoms with Gasteiger partial charge >= 0.3 is 0 Å². The molecule has 0 spiro atoms. The van der Waals surface area contributed by atoms with Crippen LogP contribution in [0.3, 0.4) is 0 Å². The lowest BCUT2D eigenvalue weighted by Gasteiger charge is -2.37. The van der Waals surface area contributed by atoms with E-state index in [1.54, 1.807) is 4.90 Å². The fourth-order valence-electron chi connectivity index (χ4n) is 4.64. The van der Waals surface area contributed by atoms with Crippen molar-refractivity contribution in [2.75, 3.05) is 51.3 Å². The third kappa shape index (κ3) is 4.70. The van der Waals surface area contributed by atoms with Gasteiger partial charge in [0, 0.05) is 58.0 Å². The first-order chi connectivity index (χ1) is 15.3. The van der Waals surface area contributed by atoms with Crippen molar-refractivity contribution in [2.45, 2.75) is 39.5 Å². The number of piperidine rings is 1. The van der Waals surface area contributed by atoms with Crippen LogP contribution in [0.2, 0.25) is 0 Å². The Morgan fingerprint density at radius 3 is 2.31 bits per heavy atom. The van der Waals surface area contributed by atoms with Gasteiger partial charge in [0.15, 0.2) is 0 Å². The SMILES string of the molecule is Cc1ccc(C)c(N2N=C(C(=O)N3CCC(C(=O)N4CCN(C)CC4)CC3)CCC2=O)c1. The second kappa shape index (κ2) is 9.40. The van der Waals surface area contributed by atoms with E-state index in [9.17, 15) is 14.4 Å². The lowest BCUT2D eigenvalue weighted by atomic mass is 9.94. The Bertz CT molecular complexity index is 928. The maximum absolute atomic E-state index is 13.2. The molecule has 0 bridgehead atoms. The van der Waals surface area contributed by atoms with Crippen molar-refractivity contribution in [1.82, 2.24) is 14.7 Å². The van der Waals surface area contributed by atoms with Crippen LogP contribution < -0.4 is 5.01 Å². The van der Waals surface area contributed by atoms with E-state index in [1.807, 2.05) is 36.9 Å². The van der Waals surface area contributed by atoms with Gasteiger partial charge in [-0.2, -0.15) is 5.10 Å². The van der Waals surface area contributed by atoms with Crippen molar-refractivity contribution in [3.63, 3.8) is 0 Å². The zero-order valence-corrected chi connectivity index (χ0v) is 19.3. The zero-order chi connectivity index (χ0) is 22.8. The fraction of sp³-hybridized carbons (Fsp3) is 0.583. The van der Waals surface area contributed by atoms with Gasteiger partial charge in [0.2, 0.25) is 11.8 Å². The van der Waals surface area contributed by atoms with Crippen molar-refractivity contribution < 1.29 is 14.4 Å². The predicted molar refractivity (Wildman–Crippen MR) is 123 cm³/mol. The molecule has 1 aromatic rings. The summed E-state index contributed by atoms with van der Waals surface area (Å²) in [7, 11) is 2.08. The molecule has 0 aliphatic carbocycles. The van der Waals surface area contributed by atoms with E-state index in [0.717, 1.165) is 43.0 Å². The van der Waals surface area contributed by atoms with E-state index in [2.05, 4.69) is 17.0 Å². The van der Waals surface area contributed by atoms with Gasteiger partial charge in [-0.25, -0.2) is 5.01 Å².